The standard InChI is InChI=1S/C11H16ClNO3S/c1-16-8-3-2-7-13-17(14,15)11-6-4-5-10(12)9-11/h4-6,9,13H,2-3,7-8H2,1H3. The van der Waals surface area contributed by atoms with E-state index in [-0.39, 0.29) is 4.90 Å². The highest BCUT2D eigenvalue weighted by Gasteiger charge is 2.12. The third-order valence-corrected chi connectivity index (χ3v) is 3.87. The highest BCUT2D eigenvalue weighted by atomic mass is 35.5. The summed E-state index contributed by atoms with van der Waals surface area (Å²) >= 11 is 5.74. The van der Waals surface area contributed by atoms with E-state index in [1.807, 2.05) is 0 Å². The van der Waals surface area contributed by atoms with E-state index in [2.05, 4.69) is 4.72 Å². The number of sulfonamides is 1. The van der Waals surface area contributed by atoms with Crippen LogP contribution in [0.1, 0.15) is 12.8 Å². The van der Waals surface area contributed by atoms with Gasteiger partial charge in [-0.05, 0) is 31.0 Å². The van der Waals surface area contributed by atoms with Crippen LogP contribution in [-0.4, -0.2) is 28.7 Å². The molecule has 0 aromatic heterocycles. The zero-order valence-corrected chi connectivity index (χ0v) is 11.2. The van der Waals surface area contributed by atoms with Gasteiger partial charge in [-0.1, -0.05) is 17.7 Å². The second-order valence-corrected chi connectivity index (χ2v) is 5.76. The molecule has 0 spiro atoms. The summed E-state index contributed by atoms with van der Waals surface area (Å²) in [6, 6.07) is 6.20. The van der Waals surface area contributed by atoms with Crippen LogP contribution in [0.5, 0.6) is 0 Å². The Bertz CT molecular complexity index is 448. The number of rotatable bonds is 7. The van der Waals surface area contributed by atoms with Crippen molar-refractivity contribution in [3.8, 4) is 0 Å². The summed E-state index contributed by atoms with van der Waals surface area (Å²) in [6.07, 6.45) is 1.57. The number of unbranched alkanes of at least 4 members (excludes halogenated alkanes) is 1. The Labute approximate surface area is 107 Å². The van der Waals surface area contributed by atoms with Crippen LogP contribution in [0.2, 0.25) is 5.02 Å². The van der Waals surface area contributed by atoms with E-state index in [1.54, 1.807) is 19.2 Å². The van der Waals surface area contributed by atoms with Crippen molar-refractivity contribution < 1.29 is 13.2 Å². The number of benzene rings is 1. The van der Waals surface area contributed by atoms with Gasteiger partial charge in [0.1, 0.15) is 0 Å². The summed E-state index contributed by atoms with van der Waals surface area (Å²) in [5.74, 6) is 0. The minimum Gasteiger partial charge on any atom is -0.385 e. The molecule has 0 saturated heterocycles. The maximum Gasteiger partial charge on any atom is 0.240 e. The Morgan fingerprint density at radius 2 is 2.12 bits per heavy atom. The van der Waals surface area contributed by atoms with Crippen molar-refractivity contribution in [2.24, 2.45) is 0 Å². The number of nitrogens with one attached hydrogen (secondary N) is 1. The van der Waals surface area contributed by atoms with Gasteiger partial charge < -0.3 is 4.74 Å². The predicted molar refractivity (Wildman–Crippen MR) is 67.8 cm³/mol. The summed E-state index contributed by atoms with van der Waals surface area (Å²) in [4.78, 5) is 0.191. The maximum atomic E-state index is 11.8. The molecule has 0 fully saturated rings. The first-order chi connectivity index (χ1) is 8.06. The third kappa shape index (κ3) is 5.04. The van der Waals surface area contributed by atoms with Crippen molar-refractivity contribution in [2.45, 2.75) is 17.7 Å². The quantitative estimate of drug-likeness (QED) is 0.776. The first-order valence-electron chi connectivity index (χ1n) is 5.30. The van der Waals surface area contributed by atoms with Gasteiger partial charge in [0.25, 0.3) is 0 Å². The number of ether oxygens (including phenoxy) is 1. The lowest BCUT2D eigenvalue weighted by molar-refractivity contribution is 0.193. The Balaban J connectivity index is 2.51. The van der Waals surface area contributed by atoms with Crippen molar-refractivity contribution in [2.75, 3.05) is 20.3 Å². The first kappa shape index (κ1) is 14.4. The topological polar surface area (TPSA) is 55.4 Å². The lowest BCUT2D eigenvalue weighted by Gasteiger charge is -2.06. The molecule has 0 atom stereocenters. The first-order valence-corrected chi connectivity index (χ1v) is 7.16. The number of hydrogen-bond acceptors (Lipinski definition) is 3. The molecule has 0 aliphatic carbocycles. The van der Waals surface area contributed by atoms with Crippen molar-refractivity contribution in [1.29, 1.82) is 0 Å². The van der Waals surface area contributed by atoms with Crippen LogP contribution in [-0.2, 0) is 14.8 Å². The molecule has 96 valence electrons. The van der Waals surface area contributed by atoms with Crippen LogP contribution in [0.25, 0.3) is 0 Å². The van der Waals surface area contributed by atoms with Crippen LogP contribution in [0.3, 0.4) is 0 Å². The highest BCUT2D eigenvalue weighted by molar-refractivity contribution is 7.89. The third-order valence-electron chi connectivity index (χ3n) is 2.17. The second kappa shape index (κ2) is 6.96. The largest absolute Gasteiger partial charge is 0.385 e. The molecule has 0 amide bonds. The molecular weight excluding hydrogens is 262 g/mol. The summed E-state index contributed by atoms with van der Waals surface area (Å²) in [5, 5.41) is 0.409. The van der Waals surface area contributed by atoms with Gasteiger partial charge in [0.15, 0.2) is 0 Å². The van der Waals surface area contributed by atoms with E-state index in [0.29, 0.717) is 18.2 Å². The van der Waals surface area contributed by atoms with Crippen LogP contribution in [0.15, 0.2) is 29.2 Å². The van der Waals surface area contributed by atoms with Crippen molar-refractivity contribution in [1.82, 2.24) is 4.72 Å². The molecule has 0 saturated carbocycles. The monoisotopic (exact) mass is 277 g/mol. The lowest BCUT2D eigenvalue weighted by Crippen LogP contribution is -2.24. The molecule has 1 aromatic carbocycles. The number of methoxy groups -OCH3 is 1. The van der Waals surface area contributed by atoms with Crippen molar-refractivity contribution in [3.63, 3.8) is 0 Å². The summed E-state index contributed by atoms with van der Waals surface area (Å²) in [5.41, 5.74) is 0. The van der Waals surface area contributed by atoms with Gasteiger partial charge >= 0.3 is 0 Å². The summed E-state index contributed by atoms with van der Waals surface area (Å²) < 4.78 is 31.0. The van der Waals surface area contributed by atoms with Crippen LogP contribution < -0.4 is 4.72 Å². The fourth-order valence-electron chi connectivity index (χ4n) is 1.30. The average Bonchev–Trinajstić information content (AvgIpc) is 2.29. The van der Waals surface area contributed by atoms with Gasteiger partial charge in [0.2, 0.25) is 10.0 Å². The molecule has 6 heteroatoms. The van der Waals surface area contributed by atoms with Gasteiger partial charge in [-0.2, -0.15) is 0 Å². The molecule has 0 aliphatic heterocycles. The molecule has 0 heterocycles. The molecular formula is C11H16ClNO3S. The van der Waals surface area contributed by atoms with E-state index in [4.69, 9.17) is 16.3 Å². The fraction of sp³-hybridized carbons (Fsp3) is 0.455. The molecule has 0 aliphatic rings. The summed E-state index contributed by atoms with van der Waals surface area (Å²) in [7, 11) is -1.82. The summed E-state index contributed by atoms with van der Waals surface area (Å²) in [6.45, 7) is 1.04. The van der Waals surface area contributed by atoms with Gasteiger partial charge in [0.05, 0.1) is 4.90 Å². The van der Waals surface area contributed by atoms with Crippen LogP contribution >= 0.6 is 11.6 Å². The normalized spacial score (nSPS) is 11.6. The fourth-order valence-corrected chi connectivity index (χ4v) is 2.67. The van der Waals surface area contributed by atoms with Crippen molar-refractivity contribution in [3.05, 3.63) is 29.3 Å². The Morgan fingerprint density at radius 3 is 2.76 bits per heavy atom. The van der Waals surface area contributed by atoms with Gasteiger partial charge in [-0.15, -0.1) is 0 Å². The second-order valence-electron chi connectivity index (χ2n) is 3.56. The number of hydrogen-bond donors (Lipinski definition) is 1. The minimum absolute atomic E-state index is 0.191. The molecule has 0 unspecified atom stereocenters. The Kier molecular flexibility index (Phi) is 5.91. The molecule has 0 bridgehead atoms. The van der Waals surface area contributed by atoms with E-state index in [9.17, 15) is 8.42 Å². The SMILES string of the molecule is COCCCCNS(=O)(=O)c1cccc(Cl)c1. The zero-order valence-electron chi connectivity index (χ0n) is 9.65. The van der Waals surface area contributed by atoms with E-state index in [0.717, 1.165) is 12.8 Å². The molecule has 4 nitrogen and oxygen atoms in total. The van der Waals surface area contributed by atoms with Crippen LogP contribution in [0, 0.1) is 0 Å². The Morgan fingerprint density at radius 1 is 1.35 bits per heavy atom. The van der Waals surface area contributed by atoms with Crippen LogP contribution in [0.4, 0.5) is 0 Å². The van der Waals surface area contributed by atoms with Gasteiger partial charge in [-0.3, -0.25) is 0 Å². The zero-order chi connectivity index (χ0) is 12.7. The van der Waals surface area contributed by atoms with Gasteiger partial charge in [0, 0.05) is 25.3 Å². The maximum absolute atomic E-state index is 11.8. The molecule has 17 heavy (non-hydrogen) atoms. The average molecular weight is 278 g/mol. The van der Waals surface area contributed by atoms with Gasteiger partial charge in [-0.25, -0.2) is 13.1 Å². The van der Waals surface area contributed by atoms with Crippen molar-refractivity contribution >= 4 is 21.6 Å². The molecule has 1 N–H and O–H groups in total. The number of halogens is 1. The molecule has 0 radical (unpaired) electrons. The predicted octanol–water partition coefficient (Wildman–Crippen LogP) is 2.04. The smallest absolute Gasteiger partial charge is 0.240 e. The minimum atomic E-state index is -3.45. The molecule has 1 rings (SSSR count). The lowest BCUT2D eigenvalue weighted by atomic mass is 10.3. The molecule has 1 aromatic rings. The highest BCUT2D eigenvalue weighted by Crippen LogP contribution is 2.15. The van der Waals surface area contributed by atoms with E-state index >= 15 is 0 Å². The van der Waals surface area contributed by atoms with E-state index < -0.39 is 10.0 Å². The van der Waals surface area contributed by atoms with E-state index in [1.165, 1.54) is 12.1 Å². The Hall–Kier alpha value is -0.620.